The topological polar surface area (TPSA) is 51.2 Å². The predicted octanol–water partition coefficient (Wildman–Crippen LogP) is 3.89. The number of fused-ring (bicyclic) bond motifs is 1. The molecule has 110 valence electrons. The van der Waals surface area contributed by atoms with Crippen molar-refractivity contribution in [1.29, 1.82) is 0 Å². The van der Waals surface area contributed by atoms with Crippen molar-refractivity contribution < 1.29 is 9.53 Å². The fourth-order valence-corrected chi connectivity index (χ4v) is 2.22. The van der Waals surface area contributed by atoms with Crippen molar-refractivity contribution in [3.05, 3.63) is 66.4 Å². The number of aromatic nitrogens is 1. The first-order chi connectivity index (χ1) is 10.8. The summed E-state index contributed by atoms with van der Waals surface area (Å²) >= 11 is 0. The molecule has 0 atom stereocenters. The zero-order chi connectivity index (χ0) is 15.4. The van der Waals surface area contributed by atoms with Gasteiger partial charge in [0.1, 0.15) is 11.4 Å². The van der Waals surface area contributed by atoms with Gasteiger partial charge in [-0.3, -0.25) is 4.79 Å². The SMILES string of the molecule is CCOc1cccc(NC(=O)c2ccc3ccccc3n2)c1. The predicted molar refractivity (Wildman–Crippen MR) is 87.3 cm³/mol. The van der Waals surface area contributed by atoms with Crippen molar-refractivity contribution >= 4 is 22.5 Å². The van der Waals surface area contributed by atoms with E-state index in [2.05, 4.69) is 10.3 Å². The Morgan fingerprint density at radius 2 is 1.95 bits per heavy atom. The number of nitrogens with zero attached hydrogens (tertiary/aromatic N) is 1. The number of amides is 1. The summed E-state index contributed by atoms with van der Waals surface area (Å²) in [6.07, 6.45) is 0. The summed E-state index contributed by atoms with van der Waals surface area (Å²) in [7, 11) is 0. The molecule has 1 heterocycles. The van der Waals surface area contributed by atoms with Crippen molar-refractivity contribution in [3.8, 4) is 5.75 Å². The third-order valence-corrected chi connectivity index (χ3v) is 3.23. The maximum Gasteiger partial charge on any atom is 0.274 e. The van der Waals surface area contributed by atoms with Crippen molar-refractivity contribution in [1.82, 2.24) is 4.98 Å². The number of para-hydroxylation sites is 1. The Labute approximate surface area is 128 Å². The Bertz CT molecular complexity index is 815. The van der Waals surface area contributed by atoms with Gasteiger partial charge in [-0.2, -0.15) is 0 Å². The molecule has 0 aliphatic carbocycles. The Kier molecular flexibility index (Phi) is 4.01. The number of carbonyl (C=O) groups excluding carboxylic acids is 1. The molecule has 0 bridgehead atoms. The van der Waals surface area contributed by atoms with E-state index in [4.69, 9.17) is 4.74 Å². The second-order valence-corrected chi connectivity index (χ2v) is 4.80. The highest BCUT2D eigenvalue weighted by Gasteiger charge is 2.09. The number of hydrogen-bond acceptors (Lipinski definition) is 3. The summed E-state index contributed by atoms with van der Waals surface area (Å²) < 4.78 is 5.42. The molecule has 0 spiro atoms. The van der Waals surface area contributed by atoms with E-state index < -0.39 is 0 Å². The minimum Gasteiger partial charge on any atom is -0.494 e. The molecule has 0 radical (unpaired) electrons. The Balaban J connectivity index is 1.82. The van der Waals surface area contributed by atoms with Crippen LogP contribution in [-0.4, -0.2) is 17.5 Å². The van der Waals surface area contributed by atoms with Crippen LogP contribution < -0.4 is 10.1 Å². The number of ether oxygens (including phenoxy) is 1. The van der Waals surface area contributed by atoms with E-state index in [-0.39, 0.29) is 5.91 Å². The van der Waals surface area contributed by atoms with Gasteiger partial charge in [0.15, 0.2) is 0 Å². The largest absolute Gasteiger partial charge is 0.494 e. The highest BCUT2D eigenvalue weighted by atomic mass is 16.5. The lowest BCUT2D eigenvalue weighted by molar-refractivity contribution is 0.102. The van der Waals surface area contributed by atoms with Crippen molar-refractivity contribution in [2.75, 3.05) is 11.9 Å². The second kappa shape index (κ2) is 6.26. The van der Waals surface area contributed by atoms with Gasteiger partial charge >= 0.3 is 0 Å². The van der Waals surface area contributed by atoms with Gasteiger partial charge in [0.05, 0.1) is 12.1 Å². The van der Waals surface area contributed by atoms with Gasteiger partial charge in [0, 0.05) is 17.1 Å². The van der Waals surface area contributed by atoms with Crippen LogP contribution in [0.15, 0.2) is 60.7 Å². The van der Waals surface area contributed by atoms with E-state index in [9.17, 15) is 4.79 Å². The van der Waals surface area contributed by atoms with Crippen LogP contribution in [0.2, 0.25) is 0 Å². The number of pyridine rings is 1. The minimum atomic E-state index is -0.237. The quantitative estimate of drug-likeness (QED) is 0.793. The Hall–Kier alpha value is -2.88. The third-order valence-electron chi connectivity index (χ3n) is 3.23. The molecule has 2 aromatic carbocycles. The van der Waals surface area contributed by atoms with Crippen LogP contribution in [0.1, 0.15) is 17.4 Å². The van der Waals surface area contributed by atoms with E-state index in [1.807, 2.05) is 55.5 Å². The normalized spacial score (nSPS) is 10.4. The standard InChI is InChI=1S/C18H16N2O2/c1-2-22-15-8-5-7-14(12-15)19-18(21)17-11-10-13-6-3-4-9-16(13)20-17/h3-12H,2H2,1H3,(H,19,21). The van der Waals surface area contributed by atoms with Crippen LogP contribution >= 0.6 is 0 Å². The first-order valence-electron chi connectivity index (χ1n) is 7.16. The van der Waals surface area contributed by atoms with Gasteiger partial charge in [-0.25, -0.2) is 4.98 Å². The third kappa shape index (κ3) is 3.06. The number of anilines is 1. The average molecular weight is 292 g/mol. The van der Waals surface area contributed by atoms with Gasteiger partial charge < -0.3 is 10.1 Å². The highest BCUT2D eigenvalue weighted by Crippen LogP contribution is 2.18. The van der Waals surface area contributed by atoms with Crippen molar-refractivity contribution in [2.45, 2.75) is 6.92 Å². The number of rotatable bonds is 4. The smallest absolute Gasteiger partial charge is 0.274 e. The summed E-state index contributed by atoms with van der Waals surface area (Å²) in [5.74, 6) is 0.492. The van der Waals surface area contributed by atoms with Gasteiger partial charge in [-0.05, 0) is 31.2 Å². The average Bonchev–Trinajstić information content (AvgIpc) is 2.55. The summed E-state index contributed by atoms with van der Waals surface area (Å²) in [5, 5.41) is 3.85. The lowest BCUT2D eigenvalue weighted by atomic mass is 10.2. The molecule has 3 aromatic rings. The Morgan fingerprint density at radius 3 is 2.82 bits per heavy atom. The first-order valence-corrected chi connectivity index (χ1v) is 7.16. The van der Waals surface area contributed by atoms with Crippen molar-refractivity contribution in [3.63, 3.8) is 0 Å². The lowest BCUT2D eigenvalue weighted by Crippen LogP contribution is -2.13. The zero-order valence-corrected chi connectivity index (χ0v) is 12.2. The number of nitrogens with one attached hydrogen (secondary N) is 1. The van der Waals surface area contributed by atoms with Crippen LogP contribution in [0, 0.1) is 0 Å². The molecule has 0 saturated heterocycles. The maximum absolute atomic E-state index is 12.3. The molecular formula is C18H16N2O2. The molecule has 0 unspecified atom stereocenters. The summed E-state index contributed by atoms with van der Waals surface area (Å²) in [6, 6.07) is 18.6. The number of hydrogen-bond donors (Lipinski definition) is 1. The monoisotopic (exact) mass is 292 g/mol. The molecule has 1 aromatic heterocycles. The molecule has 4 nitrogen and oxygen atoms in total. The molecular weight excluding hydrogens is 276 g/mol. The molecule has 1 amide bonds. The van der Waals surface area contributed by atoms with E-state index in [1.165, 1.54) is 0 Å². The van der Waals surface area contributed by atoms with Gasteiger partial charge in [-0.15, -0.1) is 0 Å². The molecule has 0 aliphatic heterocycles. The molecule has 4 heteroatoms. The highest BCUT2D eigenvalue weighted by molar-refractivity contribution is 6.04. The fourth-order valence-electron chi connectivity index (χ4n) is 2.22. The van der Waals surface area contributed by atoms with E-state index in [1.54, 1.807) is 12.1 Å². The van der Waals surface area contributed by atoms with Gasteiger partial charge in [0.25, 0.3) is 5.91 Å². The minimum absolute atomic E-state index is 0.237. The summed E-state index contributed by atoms with van der Waals surface area (Å²) in [4.78, 5) is 16.7. The Morgan fingerprint density at radius 1 is 1.09 bits per heavy atom. The molecule has 3 rings (SSSR count). The first kappa shape index (κ1) is 14.1. The number of benzene rings is 2. The van der Waals surface area contributed by atoms with Crippen molar-refractivity contribution in [2.24, 2.45) is 0 Å². The van der Waals surface area contributed by atoms with Gasteiger partial charge in [-0.1, -0.05) is 30.3 Å². The molecule has 22 heavy (non-hydrogen) atoms. The van der Waals surface area contributed by atoms with Crippen LogP contribution in [0.5, 0.6) is 5.75 Å². The number of carbonyl (C=O) groups is 1. The van der Waals surface area contributed by atoms with Crippen LogP contribution in [-0.2, 0) is 0 Å². The van der Waals surface area contributed by atoms with Gasteiger partial charge in [0.2, 0.25) is 0 Å². The summed E-state index contributed by atoms with van der Waals surface area (Å²) in [6.45, 7) is 2.51. The molecule has 0 aliphatic rings. The molecule has 0 saturated carbocycles. The van der Waals surface area contributed by atoms with Crippen LogP contribution in [0.25, 0.3) is 10.9 Å². The summed E-state index contributed by atoms with van der Waals surface area (Å²) in [5.41, 5.74) is 1.88. The van der Waals surface area contributed by atoms with E-state index >= 15 is 0 Å². The maximum atomic E-state index is 12.3. The molecule has 1 N–H and O–H groups in total. The molecule has 0 fully saturated rings. The van der Waals surface area contributed by atoms with E-state index in [0.29, 0.717) is 18.0 Å². The van der Waals surface area contributed by atoms with Crippen LogP contribution in [0.4, 0.5) is 5.69 Å². The fraction of sp³-hybridized carbons (Fsp3) is 0.111. The lowest BCUT2D eigenvalue weighted by Gasteiger charge is -2.08. The second-order valence-electron chi connectivity index (χ2n) is 4.80. The van der Waals surface area contributed by atoms with E-state index in [0.717, 1.165) is 16.7 Å². The van der Waals surface area contributed by atoms with Crippen LogP contribution in [0.3, 0.4) is 0 Å². The zero-order valence-electron chi connectivity index (χ0n) is 12.2.